The molecule has 6 nitrogen and oxygen atoms in total. The summed E-state index contributed by atoms with van der Waals surface area (Å²) >= 11 is 0. The van der Waals surface area contributed by atoms with Crippen molar-refractivity contribution in [3.05, 3.63) is 89.0 Å². The second-order valence-electron chi connectivity index (χ2n) is 8.06. The topological polar surface area (TPSA) is 102 Å². The summed E-state index contributed by atoms with van der Waals surface area (Å²) < 4.78 is 46.9. The minimum atomic E-state index is -4.67. The molecule has 0 spiro atoms. The zero-order valence-corrected chi connectivity index (χ0v) is 17.8. The first-order valence-corrected chi connectivity index (χ1v) is 10.5. The van der Waals surface area contributed by atoms with Crippen molar-refractivity contribution in [1.29, 1.82) is 0 Å². The number of rotatable bonds is 7. The molecule has 34 heavy (non-hydrogen) atoms. The van der Waals surface area contributed by atoms with Gasteiger partial charge in [-0.15, -0.1) is 0 Å². The standard InChI is InChI=1S/C25H21F3N2O4/c26-25(27,28)19-12-15(11-18-17-3-1-2-4-21(17)30-23(18)31)7-10-22(19)34-16-8-5-14(6-9-16)13-20(29)24(32)33/h1-10,12,18,20H,11,13,29H2,(H,30,31)(H,32,33). The van der Waals surface area contributed by atoms with E-state index >= 15 is 0 Å². The van der Waals surface area contributed by atoms with Gasteiger partial charge in [0.05, 0.1) is 11.5 Å². The largest absolute Gasteiger partial charge is 0.480 e. The zero-order valence-electron chi connectivity index (χ0n) is 17.8. The number of halogens is 3. The highest BCUT2D eigenvalue weighted by Crippen LogP contribution is 2.40. The van der Waals surface area contributed by atoms with Gasteiger partial charge in [-0.25, -0.2) is 0 Å². The maximum atomic E-state index is 13.8. The van der Waals surface area contributed by atoms with E-state index < -0.39 is 29.7 Å². The summed E-state index contributed by atoms with van der Waals surface area (Å²) in [6, 6.07) is 15.8. The summed E-state index contributed by atoms with van der Waals surface area (Å²) in [6.45, 7) is 0. The van der Waals surface area contributed by atoms with Crippen LogP contribution in [0.4, 0.5) is 18.9 Å². The lowest BCUT2D eigenvalue weighted by Crippen LogP contribution is -2.32. The Balaban J connectivity index is 1.55. The van der Waals surface area contributed by atoms with E-state index in [1.807, 2.05) is 0 Å². The molecular weight excluding hydrogens is 449 g/mol. The van der Waals surface area contributed by atoms with Crippen molar-refractivity contribution in [2.75, 3.05) is 5.32 Å². The number of carbonyl (C=O) groups is 2. The number of para-hydroxylation sites is 1. The fourth-order valence-electron chi connectivity index (χ4n) is 3.89. The summed E-state index contributed by atoms with van der Waals surface area (Å²) in [4.78, 5) is 23.2. The third kappa shape index (κ3) is 5.04. The molecule has 0 fully saturated rings. The molecule has 3 aromatic rings. The van der Waals surface area contributed by atoms with Crippen molar-refractivity contribution < 1.29 is 32.6 Å². The quantitative estimate of drug-likeness (QED) is 0.463. The Morgan fingerprint density at radius 2 is 1.74 bits per heavy atom. The van der Waals surface area contributed by atoms with Gasteiger partial charge in [0.25, 0.3) is 0 Å². The normalized spacial score (nSPS) is 16.0. The number of fused-ring (bicyclic) bond motifs is 1. The minimum absolute atomic E-state index is 0.0793. The number of carboxylic acids is 1. The molecule has 0 aromatic heterocycles. The van der Waals surface area contributed by atoms with Crippen LogP contribution in [0, 0.1) is 0 Å². The first kappa shape index (κ1) is 23.3. The molecular formula is C25H21F3N2O4. The second-order valence-corrected chi connectivity index (χ2v) is 8.06. The average molecular weight is 470 g/mol. The van der Waals surface area contributed by atoms with E-state index in [1.165, 1.54) is 24.3 Å². The van der Waals surface area contributed by atoms with E-state index in [2.05, 4.69) is 5.32 Å². The molecule has 4 N–H and O–H groups in total. The third-order valence-corrected chi connectivity index (χ3v) is 5.62. The van der Waals surface area contributed by atoms with Gasteiger partial charge in [0, 0.05) is 5.69 Å². The number of carboxylic acid groups (broad SMARTS) is 1. The fraction of sp³-hybridized carbons (Fsp3) is 0.200. The number of nitrogens with one attached hydrogen (secondary N) is 1. The zero-order chi connectivity index (χ0) is 24.5. The number of nitrogens with two attached hydrogens (primary N) is 1. The van der Waals surface area contributed by atoms with Gasteiger partial charge in [-0.05, 0) is 59.9 Å². The highest BCUT2D eigenvalue weighted by atomic mass is 19.4. The molecule has 1 aliphatic rings. The highest BCUT2D eigenvalue weighted by Gasteiger charge is 2.36. The Hall–Kier alpha value is -3.85. The van der Waals surface area contributed by atoms with E-state index in [0.717, 1.165) is 11.6 Å². The molecule has 9 heteroatoms. The summed E-state index contributed by atoms with van der Waals surface area (Å²) in [5.74, 6) is -2.18. The van der Waals surface area contributed by atoms with Gasteiger partial charge < -0.3 is 20.9 Å². The molecule has 0 aliphatic carbocycles. The van der Waals surface area contributed by atoms with Gasteiger partial charge in [-0.1, -0.05) is 36.4 Å². The van der Waals surface area contributed by atoms with Crippen LogP contribution < -0.4 is 15.8 Å². The Bertz CT molecular complexity index is 1230. The van der Waals surface area contributed by atoms with Crippen LogP contribution in [-0.4, -0.2) is 23.0 Å². The van der Waals surface area contributed by atoms with Gasteiger partial charge in [0.2, 0.25) is 5.91 Å². The van der Waals surface area contributed by atoms with Crippen LogP contribution in [0.3, 0.4) is 0 Å². The van der Waals surface area contributed by atoms with Crippen molar-refractivity contribution in [3.63, 3.8) is 0 Å². The molecule has 0 saturated carbocycles. The Labute approximate surface area is 193 Å². The third-order valence-electron chi connectivity index (χ3n) is 5.62. The summed E-state index contributed by atoms with van der Waals surface area (Å²) in [7, 11) is 0. The van der Waals surface area contributed by atoms with Crippen LogP contribution in [0.25, 0.3) is 0 Å². The number of benzene rings is 3. The van der Waals surface area contributed by atoms with E-state index in [-0.39, 0.29) is 30.2 Å². The maximum Gasteiger partial charge on any atom is 0.419 e. The number of hydrogen-bond acceptors (Lipinski definition) is 4. The van der Waals surface area contributed by atoms with Gasteiger partial charge in [0.15, 0.2) is 0 Å². The first-order chi connectivity index (χ1) is 16.1. The van der Waals surface area contributed by atoms with Gasteiger partial charge in [-0.3, -0.25) is 9.59 Å². The highest BCUT2D eigenvalue weighted by molar-refractivity contribution is 6.03. The monoisotopic (exact) mass is 470 g/mol. The number of anilines is 1. The average Bonchev–Trinajstić information content (AvgIpc) is 3.10. The molecule has 1 heterocycles. The molecule has 1 aliphatic heterocycles. The fourth-order valence-corrected chi connectivity index (χ4v) is 3.89. The Kier molecular flexibility index (Phi) is 6.30. The number of aliphatic carboxylic acids is 1. The molecule has 176 valence electrons. The van der Waals surface area contributed by atoms with Gasteiger partial charge >= 0.3 is 12.1 Å². The lowest BCUT2D eigenvalue weighted by atomic mass is 9.92. The molecule has 0 radical (unpaired) electrons. The summed E-state index contributed by atoms with van der Waals surface area (Å²) in [5, 5.41) is 11.6. The predicted molar refractivity (Wildman–Crippen MR) is 119 cm³/mol. The van der Waals surface area contributed by atoms with Crippen LogP contribution in [0.5, 0.6) is 11.5 Å². The molecule has 0 saturated heterocycles. The van der Waals surface area contributed by atoms with Gasteiger partial charge in [-0.2, -0.15) is 13.2 Å². The maximum absolute atomic E-state index is 13.8. The van der Waals surface area contributed by atoms with Crippen LogP contribution in [-0.2, 0) is 28.6 Å². The first-order valence-electron chi connectivity index (χ1n) is 10.5. The van der Waals surface area contributed by atoms with E-state index in [0.29, 0.717) is 16.8 Å². The van der Waals surface area contributed by atoms with E-state index in [4.69, 9.17) is 15.6 Å². The summed E-state index contributed by atoms with van der Waals surface area (Å²) in [5.41, 5.74) is 6.95. The molecule has 4 rings (SSSR count). The van der Waals surface area contributed by atoms with Crippen molar-refractivity contribution in [3.8, 4) is 11.5 Å². The van der Waals surface area contributed by atoms with Crippen LogP contribution in [0.2, 0.25) is 0 Å². The molecule has 3 aromatic carbocycles. The predicted octanol–water partition coefficient (Wildman–Crippen LogP) is 4.73. The number of hydrogen-bond donors (Lipinski definition) is 3. The minimum Gasteiger partial charge on any atom is -0.480 e. The van der Waals surface area contributed by atoms with Crippen molar-refractivity contribution in [2.45, 2.75) is 31.0 Å². The Morgan fingerprint density at radius 3 is 2.41 bits per heavy atom. The molecule has 1 amide bonds. The van der Waals surface area contributed by atoms with Crippen molar-refractivity contribution in [2.24, 2.45) is 5.73 Å². The lowest BCUT2D eigenvalue weighted by Gasteiger charge is -2.17. The van der Waals surface area contributed by atoms with Crippen molar-refractivity contribution in [1.82, 2.24) is 0 Å². The van der Waals surface area contributed by atoms with Crippen LogP contribution >= 0.6 is 0 Å². The van der Waals surface area contributed by atoms with E-state index in [9.17, 15) is 22.8 Å². The van der Waals surface area contributed by atoms with Crippen LogP contribution in [0.1, 0.15) is 28.2 Å². The number of amides is 1. The van der Waals surface area contributed by atoms with Gasteiger partial charge in [0.1, 0.15) is 17.5 Å². The summed E-state index contributed by atoms with van der Waals surface area (Å²) in [6.07, 6.45) is -4.48. The molecule has 2 unspecified atom stereocenters. The molecule has 2 atom stereocenters. The number of ether oxygens (including phenoxy) is 1. The SMILES string of the molecule is NC(Cc1ccc(Oc2ccc(CC3C(=O)Nc4ccccc43)cc2C(F)(F)F)cc1)C(=O)O. The number of carbonyl (C=O) groups excluding carboxylic acids is 1. The Morgan fingerprint density at radius 1 is 1.06 bits per heavy atom. The smallest absolute Gasteiger partial charge is 0.419 e. The number of alkyl halides is 3. The van der Waals surface area contributed by atoms with Crippen molar-refractivity contribution >= 4 is 17.6 Å². The molecule has 0 bridgehead atoms. The van der Waals surface area contributed by atoms with E-state index in [1.54, 1.807) is 36.4 Å². The van der Waals surface area contributed by atoms with Crippen LogP contribution in [0.15, 0.2) is 66.7 Å². The lowest BCUT2D eigenvalue weighted by molar-refractivity contribution is -0.139. The second kappa shape index (κ2) is 9.18.